The molecule has 0 unspecified atom stereocenters. The Hall–Kier alpha value is -3.36. The van der Waals surface area contributed by atoms with Gasteiger partial charge < -0.3 is 10.4 Å². The molecule has 0 spiro atoms. The van der Waals surface area contributed by atoms with E-state index in [2.05, 4.69) is 10.4 Å². The normalized spacial score (nSPS) is 11.4. The van der Waals surface area contributed by atoms with Gasteiger partial charge in [-0.2, -0.15) is 18.3 Å². The molecule has 0 saturated heterocycles. The smallest absolute Gasteiger partial charge is 0.416 e. The van der Waals surface area contributed by atoms with Crippen LogP contribution in [-0.4, -0.2) is 20.8 Å². The second-order valence-electron chi connectivity index (χ2n) is 5.69. The summed E-state index contributed by atoms with van der Waals surface area (Å²) in [5.41, 5.74) is -0.848. The van der Waals surface area contributed by atoms with Crippen LogP contribution < -0.4 is 5.32 Å². The molecular weight excluding hydrogens is 366 g/mol. The molecule has 0 fully saturated rings. The van der Waals surface area contributed by atoms with E-state index in [9.17, 15) is 27.5 Å². The number of para-hydroxylation sites is 1. The second kappa shape index (κ2) is 6.75. The molecule has 140 valence electrons. The maximum absolute atomic E-state index is 13.8. The zero-order chi connectivity index (χ0) is 19.8. The summed E-state index contributed by atoms with van der Waals surface area (Å²) >= 11 is 0. The van der Waals surface area contributed by atoms with E-state index in [0.717, 1.165) is 24.4 Å². The Kier molecular flexibility index (Phi) is 4.61. The largest absolute Gasteiger partial charge is 0.506 e. The van der Waals surface area contributed by atoms with Crippen LogP contribution in [0.5, 0.6) is 5.75 Å². The van der Waals surface area contributed by atoms with Crippen LogP contribution in [0.25, 0.3) is 5.69 Å². The number of benzene rings is 2. The molecule has 0 saturated carbocycles. The SMILES string of the molecule is Cc1c(C(=O)Nc2c(O)cccc2F)cnn1-c1cccc(C(F)(F)F)c1. The van der Waals surface area contributed by atoms with E-state index in [4.69, 9.17) is 0 Å². The van der Waals surface area contributed by atoms with Crippen LogP contribution in [0.3, 0.4) is 0 Å². The van der Waals surface area contributed by atoms with E-state index in [1.165, 1.54) is 35.9 Å². The summed E-state index contributed by atoms with van der Waals surface area (Å²) in [5, 5.41) is 15.9. The molecule has 0 radical (unpaired) electrons. The summed E-state index contributed by atoms with van der Waals surface area (Å²) in [6, 6.07) is 8.03. The van der Waals surface area contributed by atoms with E-state index in [1.54, 1.807) is 0 Å². The lowest BCUT2D eigenvalue weighted by atomic mass is 10.2. The Balaban J connectivity index is 1.93. The maximum Gasteiger partial charge on any atom is 0.416 e. The maximum atomic E-state index is 13.8. The number of nitrogens with one attached hydrogen (secondary N) is 1. The number of phenols is 1. The number of carbonyl (C=O) groups excluding carboxylic acids is 1. The Morgan fingerprint density at radius 1 is 1.19 bits per heavy atom. The molecular formula is C18H13F4N3O2. The zero-order valence-corrected chi connectivity index (χ0v) is 13.9. The Morgan fingerprint density at radius 3 is 2.56 bits per heavy atom. The van der Waals surface area contributed by atoms with E-state index < -0.39 is 34.9 Å². The fourth-order valence-electron chi connectivity index (χ4n) is 2.52. The Bertz CT molecular complexity index is 992. The first kappa shape index (κ1) is 18.4. The number of amides is 1. The van der Waals surface area contributed by atoms with Gasteiger partial charge in [0.1, 0.15) is 11.4 Å². The number of anilines is 1. The first-order valence-corrected chi connectivity index (χ1v) is 7.69. The molecule has 0 aliphatic heterocycles. The minimum Gasteiger partial charge on any atom is -0.506 e. The van der Waals surface area contributed by atoms with Gasteiger partial charge in [-0.05, 0) is 37.3 Å². The number of alkyl halides is 3. The van der Waals surface area contributed by atoms with Crippen molar-refractivity contribution in [2.45, 2.75) is 13.1 Å². The lowest BCUT2D eigenvalue weighted by molar-refractivity contribution is -0.137. The molecule has 2 aromatic carbocycles. The molecule has 2 N–H and O–H groups in total. The summed E-state index contributed by atoms with van der Waals surface area (Å²) < 4.78 is 53.6. The van der Waals surface area contributed by atoms with Crippen molar-refractivity contribution >= 4 is 11.6 Å². The average Bonchev–Trinajstić information content (AvgIpc) is 2.99. The van der Waals surface area contributed by atoms with Crippen LogP contribution in [0.15, 0.2) is 48.7 Å². The standard InChI is InChI=1S/C18H13F4N3O2/c1-10-13(17(27)24-16-14(19)6-3-7-15(16)26)9-23-25(10)12-5-2-4-11(8-12)18(20,21)22/h2-9,26H,1H3,(H,24,27). The molecule has 1 heterocycles. The van der Waals surface area contributed by atoms with Crippen molar-refractivity contribution in [3.05, 3.63) is 71.3 Å². The van der Waals surface area contributed by atoms with Crippen molar-refractivity contribution in [3.63, 3.8) is 0 Å². The summed E-state index contributed by atoms with van der Waals surface area (Å²) in [4.78, 5) is 12.4. The predicted octanol–water partition coefficient (Wildman–Crippen LogP) is 4.30. The summed E-state index contributed by atoms with van der Waals surface area (Å²) in [6.45, 7) is 1.49. The number of carbonyl (C=O) groups is 1. The second-order valence-corrected chi connectivity index (χ2v) is 5.69. The number of phenolic OH excluding ortho intramolecular Hbond substituents is 1. The lowest BCUT2D eigenvalue weighted by Crippen LogP contribution is -2.14. The van der Waals surface area contributed by atoms with Gasteiger partial charge in [-0.25, -0.2) is 9.07 Å². The van der Waals surface area contributed by atoms with Gasteiger partial charge in [-0.15, -0.1) is 0 Å². The van der Waals surface area contributed by atoms with Crippen LogP contribution in [0.1, 0.15) is 21.6 Å². The predicted molar refractivity (Wildman–Crippen MR) is 89.3 cm³/mol. The molecule has 0 aliphatic carbocycles. The van der Waals surface area contributed by atoms with Gasteiger partial charge in [-0.1, -0.05) is 12.1 Å². The molecule has 0 atom stereocenters. The highest BCUT2D eigenvalue weighted by Crippen LogP contribution is 2.31. The Labute approximate surface area is 150 Å². The molecule has 0 bridgehead atoms. The van der Waals surface area contributed by atoms with E-state index in [0.29, 0.717) is 0 Å². The topological polar surface area (TPSA) is 67.2 Å². The number of aromatic nitrogens is 2. The third-order valence-corrected chi connectivity index (χ3v) is 3.90. The molecule has 5 nitrogen and oxygen atoms in total. The number of hydrogen-bond acceptors (Lipinski definition) is 3. The van der Waals surface area contributed by atoms with Crippen molar-refractivity contribution in [1.82, 2.24) is 9.78 Å². The number of nitrogens with zero attached hydrogens (tertiary/aromatic N) is 2. The molecule has 9 heteroatoms. The van der Waals surface area contributed by atoms with Crippen molar-refractivity contribution < 1.29 is 27.5 Å². The molecule has 3 aromatic rings. The Morgan fingerprint density at radius 2 is 1.89 bits per heavy atom. The third kappa shape index (κ3) is 3.62. The number of hydrogen-bond donors (Lipinski definition) is 2. The molecule has 0 aliphatic rings. The van der Waals surface area contributed by atoms with Gasteiger partial charge in [-0.3, -0.25) is 4.79 Å². The van der Waals surface area contributed by atoms with Crippen LogP contribution in [0, 0.1) is 12.7 Å². The highest BCUT2D eigenvalue weighted by atomic mass is 19.4. The summed E-state index contributed by atoms with van der Waals surface area (Å²) in [7, 11) is 0. The fraction of sp³-hybridized carbons (Fsp3) is 0.111. The number of rotatable bonds is 3. The molecule has 27 heavy (non-hydrogen) atoms. The third-order valence-electron chi connectivity index (χ3n) is 3.90. The number of halogens is 4. The minimum absolute atomic E-state index is 0.0232. The first-order chi connectivity index (χ1) is 12.7. The average molecular weight is 379 g/mol. The summed E-state index contributed by atoms with van der Waals surface area (Å²) in [5.74, 6) is -2.04. The van der Waals surface area contributed by atoms with Gasteiger partial charge in [0.25, 0.3) is 5.91 Å². The van der Waals surface area contributed by atoms with Gasteiger partial charge in [0, 0.05) is 0 Å². The van der Waals surface area contributed by atoms with Crippen LogP contribution in [0.2, 0.25) is 0 Å². The fourth-order valence-corrected chi connectivity index (χ4v) is 2.52. The van der Waals surface area contributed by atoms with Gasteiger partial charge >= 0.3 is 6.18 Å². The quantitative estimate of drug-likeness (QED) is 0.527. The first-order valence-electron chi connectivity index (χ1n) is 7.69. The minimum atomic E-state index is -4.51. The van der Waals surface area contributed by atoms with Crippen molar-refractivity contribution in [2.75, 3.05) is 5.32 Å². The van der Waals surface area contributed by atoms with E-state index in [-0.39, 0.29) is 16.9 Å². The highest BCUT2D eigenvalue weighted by Gasteiger charge is 2.30. The van der Waals surface area contributed by atoms with Gasteiger partial charge in [0.15, 0.2) is 5.82 Å². The van der Waals surface area contributed by atoms with E-state index >= 15 is 0 Å². The van der Waals surface area contributed by atoms with Crippen molar-refractivity contribution in [1.29, 1.82) is 0 Å². The highest BCUT2D eigenvalue weighted by molar-refractivity contribution is 6.05. The molecule has 3 rings (SSSR count). The van der Waals surface area contributed by atoms with Gasteiger partial charge in [0.2, 0.25) is 0 Å². The monoisotopic (exact) mass is 379 g/mol. The summed E-state index contributed by atoms with van der Waals surface area (Å²) in [6.07, 6.45) is -3.36. The zero-order valence-electron chi connectivity index (χ0n) is 13.9. The van der Waals surface area contributed by atoms with Gasteiger partial charge in [0.05, 0.1) is 28.7 Å². The molecule has 1 amide bonds. The lowest BCUT2D eigenvalue weighted by Gasteiger charge is -2.11. The van der Waals surface area contributed by atoms with Crippen LogP contribution >= 0.6 is 0 Å². The van der Waals surface area contributed by atoms with Crippen LogP contribution in [-0.2, 0) is 6.18 Å². The van der Waals surface area contributed by atoms with E-state index in [1.807, 2.05) is 0 Å². The van der Waals surface area contributed by atoms with Crippen molar-refractivity contribution in [2.24, 2.45) is 0 Å². The van der Waals surface area contributed by atoms with Crippen LogP contribution in [0.4, 0.5) is 23.2 Å². The number of aromatic hydroxyl groups is 1. The van der Waals surface area contributed by atoms with Crippen molar-refractivity contribution in [3.8, 4) is 11.4 Å². The molecule has 1 aromatic heterocycles.